The van der Waals surface area contributed by atoms with Crippen LogP contribution in [0.3, 0.4) is 0 Å². The highest BCUT2D eigenvalue weighted by Crippen LogP contribution is 2.44. The lowest BCUT2D eigenvalue weighted by Crippen LogP contribution is -2.52. The van der Waals surface area contributed by atoms with Gasteiger partial charge in [-0.05, 0) is 37.3 Å². The summed E-state index contributed by atoms with van der Waals surface area (Å²) < 4.78 is 44.6. The van der Waals surface area contributed by atoms with Crippen LogP contribution in [0, 0.1) is 0 Å². The van der Waals surface area contributed by atoms with Crippen molar-refractivity contribution in [3.05, 3.63) is 35.4 Å². The molecule has 2 N–H and O–H groups in total. The number of benzene rings is 1. The molecule has 5 nitrogen and oxygen atoms in total. The van der Waals surface area contributed by atoms with Crippen LogP contribution in [0.1, 0.15) is 43.2 Å². The van der Waals surface area contributed by atoms with E-state index in [4.69, 9.17) is 4.74 Å². The van der Waals surface area contributed by atoms with E-state index in [0.29, 0.717) is 12.6 Å². The van der Waals surface area contributed by atoms with Crippen molar-refractivity contribution in [2.45, 2.75) is 49.7 Å². The van der Waals surface area contributed by atoms with Gasteiger partial charge in [-0.3, -0.25) is 4.99 Å². The van der Waals surface area contributed by atoms with Crippen LogP contribution in [0.5, 0.6) is 0 Å². The monoisotopic (exact) mass is 426 g/mol. The van der Waals surface area contributed by atoms with Gasteiger partial charge in [-0.25, -0.2) is 0 Å². The number of aliphatic imine (C=N–C) groups is 1. The molecule has 8 heteroatoms. The third kappa shape index (κ3) is 5.66. The highest BCUT2D eigenvalue weighted by molar-refractivity contribution is 5.80. The number of halogens is 3. The first-order chi connectivity index (χ1) is 14.4. The number of hydrogen-bond acceptors (Lipinski definition) is 3. The van der Waals surface area contributed by atoms with Gasteiger partial charge in [-0.15, -0.1) is 0 Å². The minimum absolute atomic E-state index is 0.262. The number of likely N-dealkylation sites (tertiary alicyclic amines) is 1. The molecule has 1 heterocycles. The maximum atomic E-state index is 13.1. The molecule has 1 aromatic carbocycles. The van der Waals surface area contributed by atoms with Crippen LogP contribution < -0.4 is 10.6 Å². The molecule has 2 aliphatic rings. The molecular weight excluding hydrogens is 393 g/mol. The van der Waals surface area contributed by atoms with Crippen LogP contribution in [0.2, 0.25) is 0 Å². The molecule has 1 aromatic rings. The predicted molar refractivity (Wildman–Crippen MR) is 113 cm³/mol. The molecule has 0 amide bonds. The van der Waals surface area contributed by atoms with Crippen molar-refractivity contribution in [2.75, 3.05) is 46.9 Å². The Morgan fingerprint density at radius 1 is 1.27 bits per heavy atom. The van der Waals surface area contributed by atoms with Crippen LogP contribution in [-0.4, -0.2) is 63.8 Å². The first-order valence-corrected chi connectivity index (χ1v) is 10.7. The van der Waals surface area contributed by atoms with Crippen molar-refractivity contribution in [3.8, 4) is 0 Å². The van der Waals surface area contributed by atoms with Crippen molar-refractivity contribution in [2.24, 2.45) is 4.99 Å². The van der Waals surface area contributed by atoms with Gasteiger partial charge in [0.05, 0.1) is 12.2 Å². The maximum absolute atomic E-state index is 13.1. The first kappa shape index (κ1) is 22.9. The number of guanidine groups is 1. The SMILES string of the molecule is CN=C(NCC1(c2cccc(C(F)(F)F)c2)CCC1)NC1CCN(CCOC)CC1. The summed E-state index contributed by atoms with van der Waals surface area (Å²) in [6.07, 6.45) is 0.548. The summed E-state index contributed by atoms with van der Waals surface area (Å²) in [5.74, 6) is 0.726. The number of nitrogens with zero attached hydrogens (tertiary/aromatic N) is 2. The molecule has 1 aliphatic carbocycles. The standard InChI is InChI=1S/C22H33F3N4O/c1-26-20(28-19-7-11-29(12-8-19)13-14-30-2)27-16-21(9-4-10-21)17-5-3-6-18(15-17)22(23,24)25/h3,5-6,15,19H,4,7-14,16H2,1-2H3,(H2,26,27,28). The van der Waals surface area contributed by atoms with E-state index in [1.54, 1.807) is 14.2 Å². The fourth-order valence-electron chi connectivity index (χ4n) is 4.36. The van der Waals surface area contributed by atoms with E-state index in [1.807, 2.05) is 6.07 Å². The Labute approximate surface area is 177 Å². The Kier molecular flexibility index (Phi) is 7.63. The van der Waals surface area contributed by atoms with Crippen LogP contribution in [0.4, 0.5) is 13.2 Å². The minimum atomic E-state index is -4.32. The summed E-state index contributed by atoms with van der Waals surface area (Å²) in [4.78, 5) is 6.74. The van der Waals surface area contributed by atoms with E-state index < -0.39 is 11.7 Å². The molecule has 1 saturated heterocycles. The quantitative estimate of drug-likeness (QED) is 0.518. The zero-order chi connectivity index (χ0) is 21.6. The summed E-state index contributed by atoms with van der Waals surface area (Å²) in [6, 6.07) is 6.14. The summed E-state index contributed by atoms with van der Waals surface area (Å²) in [5, 5.41) is 6.88. The highest BCUT2D eigenvalue weighted by Gasteiger charge is 2.40. The summed E-state index contributed by atoms with van der Waals surface area (Å²) >= 11 is 0. The molecule has 1 saturated carbocycles. The van der Waals surface area contributed by atoms with E-state index >= 15 is 0 Å². The van der Waals surface area contributed by atoms with Gasteiger partial charge in [0.15, 0.2) is 5.96 Å². The normalized spacial score (nSPS) is 20.6. The number of nitrogens with one attached hydrogen (secondary N) is 2. The summed E-state index contributed by atoms with van der Waals surface area (Å²) in [5.41, 5.74) is -0.0745. The Balaban J connectivity index is 1.55. The molecular formula is C22H33F3N4O. The Morgan fingerprint density at radius 2 is 2.00 bits per heavy atom. The molecule has 0 bridgehead atoms. The Morgan fingerprint density at radius 3 is 2.57 bits per heavy atom. The van der Waals surface area contributed by atoms with Crippen LogP contribution >= 0.6 is 0 Å². The van der Waals surface area contributed by atoms with Crippen molar-refractivity contribution in [1.82, 2.24) is 15.5 Å². The average molecular weight is 427 g/mol. The third-order valence-corrected chi connectivity index (χ3v) is 6.47. The number of piperidine rings is 1. The van der Waals surface area contributed by atoms with Crippen LogP contribution in [-0.2, 0) is 16.3 Å². The van der Waals surface area contributed by atoms with Gasteiger partial charge < -0.3 is 20.3 Å². The van der Waals surface area contributed by atoms with Gasteiger partial charge in [0.2, 0.25) is 0 Å². The fourth-order valence-corrected chi connectivity index (χ4v) is 4.36. The Hall–Kier alpha value is -1.80. The number of ether oxygens (including phenoxy) is 1. The second-order valence-corrected chi connectivity index (χ2v) is 8.39. The van der Waals surface area contributed by atoms with E-state index in [1.165, 1.54) is 12.1 Å². The zero-order valence-electron chi connectivity index (χ0n) is 17.9. The fraction of sp³-hybridized carbons (Fsp3) is 0.682. The lowest BCUT2D eigenvalue weighted by atomic mass is 9.64. The third-order valence-electron chi connectivity index (χ3n) is 6.47. The molecule has 168 valence electrons. The topological polar surface area (TPSA) is 48.9 Å². The van der Waals surface area contributed by atoms with Gasteiger partial charge in [-0.1, -0.05) is 24.6 Å². The number of alkyl halides is 3. The van der Waals surface area contributed by atoms with Crippen molar-refractivity contribution >= 4 is 5.96 Å². The number of rotatable bonds is 7. The van der Waals surface area contributed by atoms with Gasteiger partial charge in [0.1, 0.15) is 0 Å². The number of hydrogen-bond donors (Lipinski definition) is 2. The van der Waals surface area contributed by atoms with Crippen molar-refractivity contribution in [1.29, 1.82) is 0 Å². The number of methoxy groups -OCH3 is 1. The van der Waals surface area contributed by atoms with Gasteiger partial charge in [-0.2, -0.15) is 13.2 Å². The average Bonchev–Trinajstić information content (AvgIpc) is 2.71. The molecule has 2 fully saturated rings. The zero-order valence-corrected chi connectivity index (χ0v) is 17.9. The molecule has 1 aliphatic heterocycles. The van der Waals surface area contributed by atoms with E-state index in [2.05, 4.69) is 20.5 Å². The maximum Gasteiger partial charge on any atom is 0.416 e. The van der Waals surface area contributed by atoms with Gasteiger partial charge in [0.25, 0.3) is 0 Å². The molecule has 0 spiro atoms. The second-order valence-electron chi connectivity index (χ2n) is 8.39. The smallest absolute Gasteiger partial charge is 0.383 e. The lowest BCUT2D eigenvalue weighted by molar-refractivity contribution is -0.137. The molecule has 0 unspecified atom stereocenters. The summed E-state index contributed by atoms with van der Waals surface area (Å²) in [6.45, 7) is 4.33. The molecule has 0 aromatic heterocycles. The largest absolute Gasteiger partial charge is 0.416 e. The second kappa shape index (κ2) is 10.0. The van der Waals surface area contributed by atoms with E-state index in [9.17, 15) is 13.2 Å². The van der Waals surface area contributed by atoms with Crippen LogP contribution in [0.15, 0.2) is 29.3 Å². The van der Waals surface area contributed by atoms with Crippen molar-refractivity contribution < 1.29 is 17.9 Å². The van der Waals surface area contributed by atoms with Crippen molar-refractivity contribution in [3.63, 3.8) is 0 Å². The first-order valence-electron chi connectivity index (χ1n) is 10.7. The molecule has 30 heavy (non-hydrogen) atoms. The molecule has 0 atom stereocenters. The van der Waals surface area contributed by atoms with Gasteiger partial charge >= 0.3 is 6.18 Å². The summed E-state index contributed by atoms with van der Waals surface area (Å²) in [7, 11) is 3.46. The van der Waals surface area contributed by atoms with Gasteiger partial charge in [0, 0.05) is 51.8 Å². The molecule has 3 rings (SSSR count). The van der Waals surface area contributed by atoms with E-state index in [0.717, 1.165) is 75.9 Å². The highest BCUT2D eigenvalue weighted by atomic mass is 19.4. The molecule has 0 radical (unpaired) electrons. The minimum Gasteiger partial charge on any atom is -0.383 e. The predicted octanol–water partition coefficient (Wildman–Crippen LogP) is 3.40. The van der Waals surface area contributed by atoms with E-state index in [-0.39, 0.29) is 5.41 Å². The Bertz CT molecular complexity index is 711. The lowest BCUT2D eigenvalue weighted by Gasteiger charge is -2.43. The van der Waals surface area contributed by atoms with Crippen LogP contribution in [0.25, 0.3) is 0 Å².